The van der Waals surface area contributed by atoms with Crippen molar-refractivity contribution in [1.82, 2.24) is 20.0 Å². The first-order valence-electron chi connectivity index (χ1n) is 8.86. The number of fused-ring (bicyclic) bond motifs is 1. The first-order valence-corrected chi connectivity index (χ1v) is 8.86. The van der Waals surface area contributed by atoms with E-state index >= 15 is 0 Å². The first-order chi connectivity index (χ1) is 12.2. The number of amides is 2. The Balaban J connectivity index is 1.72. The van der Waals surface area contributed by atoms with Crippen molar-refractivity contribution in [3.05, 3.63) is 30.0 Å². The Morgan fingerprint density at radius 1 is 1.23 bits per heavy atom. The van der Waals surface area contributed by atoms with Crippen LogP contribution in [0.2, 0.25) is 0 Å². The standard InChI is InChI=1S/C19H26N4O3/c1-12-10-23(11-14(12)20-18(25)26-19(2,3)4)17(24)16-13-8-6-7-9-15(13)22(5)21-16/h6-9,12,14H,10-11H2,1-5H3,(H,20,25)/t12-,14+/m1/s1. The van der Waals surface area contributed by atoms with Crippen LogP contribution in [-0.2, 0) is 11.8 Å². The second kappa shape index (κ2) is 6.63. The topological polar surface area (TPSA) is 76.5 Å². The molecule has 7 heteroatoms. The zero-order valence-electron chi connectivity index (χ0n) is 15.9. The average Bonchev–Trinajstić information content (AvgIpc) is 3.06. The highest BCUT2D eigenvalue weighted by atomic mass is 16.6. The second-order valence-corrected chi connectivity index (χ2v) is 7.93. The normalized spacial score (nSPS) is 20.4. The predicted octanol–water partition coefficient (Wildman–Crippen LogP) is 2.56. The molecule has 1 N–H and O–H groups in total. The summed E-state index contributed by atoms with van der Waals surface area (Å²) in [7, 11) is 1.83. The van der Waals surface area contributed by atoms with Crippen LogP contribution >= 0.6 is 0 Å². The Hall–Kier alpha value is -2.57. The quantitative estimate of drug-likeness (QED) is 0.895. The Bertz CT molecular complexity index is 837. The van der Waals surface area contributed by atoms with Crippen LogP contribution in [0.3, 0.4) is 0 Å². The monoisotopic (exact) mass is 358 g/mol. The molecule has 0 radical (unpaired) electrons. The van der Waals surface area contributed by atoms with Crippen LogP contribution in [0, 0.1) is 5.92 Å². The van der Waals surface area contributed by atoms with Gasteiger partial charge in [-0.2, -0.15) is 5.10 Å². The number of aromatic nitrogens is 2. The molecular weight excluding hydrogens is 332 g/mol. The van der Waals surface area contributed by atoms with Crippen LogP contribution in [0.5, 0.6) is 0 Å². The second-order valence-electron chi connectivity index (χ2n) is 7.93. The lowest BCUT2D eigenvalue weighted by molar-refractivity contribution is 0.0494. The zero-order valence-corrected chi connectivity index (χ0v) is 15.9. The molecule has 2 heterocycles. The van der Waals surface area contributed by atoms with Crippen molar-refractivity contribution >= 4 is 22.9 Å². The van der Waals surface area contributed by atoms with Gasteiger partial charge in [-0.15, -0.1) is 0 Å². The van der Waals surface area contributed by atoms with E-state index in [0.717, 1.165) is 10.9 Å². The highest BCUT2D eigenvalue weighted by Gasteiger charge is 2.36. The van der Waals surface area contributed by atoms with Gasteiger partial charge in [0.1, 0.15) is 5.60 Å². The molecular formula is C19H26N4O3. The van der Waals surface area contributed by atoms with E-state index < -0.39 is 11.7 Å². The number of nitrogens with zero attached hydrogens (tertiary/aromatic N) is 3. The van der Waals surface area contributed by atoms with Crippen molar-refractivity contribution in [1.29, 1.82) is 0 Å². The molecule has 1 aromatic heterocycles. The van der Waals surface area contributed by atoms with Crippen molar-refractivity contribution in [2.24, 2.45) is 13.0 Å². The maximum atomic E-state index is 13.0. The van der Waals surface area contributed by atoms with Crippen molar-refractivity contribution in [3.63, 3.8) is 0 Å². The van der Waals surface area contributed by atoms with Gasteiger partial charge in [0.05, 0.1) is 11.6 Å². The molecule has 7 nitrogen and oxygen atoms in total. The van der Waals surface area contributed by atoms with Gasteiger partial charge in [-0.25, -0.2) is 4.79 Å². The summed E-state index contributed by atoms with van der Waals surface area (Å²) in [5.74, 6) is 0.0311. The van der Waals surface area contributed by atoms with E-state index in [2.05, 4.69) is 10.4 Å². The van der Waals surface area contributed by atoms with Gasteiger partial charge < -0.3 is 15.0 Å². The summed E-state index contributed by atoms with van der Waals surface area (Å²) in [6, 6.07) is 7.55. The van der Waals surface area contributed by atoms with Crippen LogP contribution < -0.4 is 5.32 Å². The van der Waals surface area contributed by atoms with Crippen LogP contribution in [0.15, 0.2) is 24.3 Å². The molecule has 0 aliphatic carbocycles. The van der Waals surface area contributed by atoms with Gasteiger partial charge in [-0.3, -0.25) is 9.48 Å². The van der Waals surface area contributed by atoms with Crippen LogP contribution in [0.25, 0.3) is 10.9 Å². The number of likely N-dealkylation sites (tertiary alicyclic amines) is 1. The first kappa shape index (κ1) is 18.2. The van der Waals surface area contributed by atoms with E-state index in [1.165, 1.54) is 0 Å². The number of para-hydroxylation sites is 1. The molecule has 1 aromatic carbocycles. The van der Waals surface area contributed by atoms with Gasteiger partial charge in [0.15, 0.2) is 5.69 Å². The fraction of sp³-hybridized carbons (Fsp3) is 0.526. The van der Waals surface area contributed by atoms with Crippen molar-refractivity contribution in [2.75, 3.05) is 13.1 Å². The van der Waals surface area contributed by atoms with Crippen molar-refractivity contribution in [3.8, 4) is 0 Å². The van der Waals surface area contributed by atoms with Crippen molar-refractivity contribution in [2.45, 2.75) is 39.3 Å². The summed E-state index contributed by atoms with van der Waals surface area (Å²) in [6.45, 7) is 8.52. The predicted molar refractivity (Wildman–Crippen MR) is 98.9 cm³/mol. The molecule has 1 aliphatic heterocycles. The van der Waals surface area contributed by atoms with E-state index in [1.807, 2.05) is 59.0 Å². The Labute approximate surface area is 153 Å². The van der Waals surface area contributed by atoms with Gasteiger partial charge >= 0.3 is 6.09 Å². The summed E-state index contributed by atoms with van der Waals surface area (Å²) in [6.07, 6.45) is -0.452. The largest absolute Gasteiger partial charge is 0.444 e. The highest BCUT2D eigenvalue weighted by molar-refractivity contribution is 6.05. The number of carbonyl (C=O) groups excluding carboxylic acids is 2. The molecule has 1 fully saturated rings. The maximum Gasteiger partial charge on any atom is 0.407 e. The van der Waals surface area contributed by atoms with Crippen LogP contribution in [-0.4, -0.2) is 51.4 Å². The fourth-order valence-electron chi connectivity index (χ4n) is 3.30. The van der Waals surface area contributed by atoms with Gasteiger partial charge in [-0.05, 0) is 32.8 Å². The Morgan fingerprint density at radius 2 is 1.92 bits per heavy atom. The van der Waals surface area contributed by atoms with Gasteiger partial charge in [0, 0.05) is 25.5 Å². The third kappa shape index (κ3) is 3.66. The van der Waals surface area contributed by atoms with E-state index in [4.69, 9.17) is 4.74 Å². The minimum absolute atomic E-state index is 0.109. The summed E-state index contributed by atoms with van der Waals surface area (Å²) >= 11 is 0. The number of rotatable bonds is 2. The number of benzene rings is 1. The number of aryl methyl sites for hydroxylation is 1. The Morgan fingerprint density at radius 3 is 2.62 bits per heavy atom. The summed E-state index contributed by atoms with van der Waals surface area (Å²) < 4.78 is 7.04. The molecule has 2 atom stereocenters. The van der Waals surface area contributed by atoms with E-state index in [0.29, 0.717) is 18.8 Å². The van der Waals surface area contributed by atoms with Crippen LogP contribution in [0.4, 0.5) is 4.79 Å². The average molecular weight is 358 g/mol. The van der Waals surface area contributed by atoms with Gasteiger partial charge in [-0.1, -0.05) is 25.1 Å². The lowest BCUT2D eigenvalue weighted by atomic mass is 10.1. The third-order valence-electron chi connectivity index (χ3n) is 4.56. The number of alkyl carbamates (subject to hydrolysis) is 1. The summed E-state index contributed by atoms with van der Waals surface area (Å²) in [4.78, 5) is 26.8. The minimum Gasteiger partial charge on any atom is -0.444 e. The third-order valence-corrected chi connectivity index (χ3v) is 4.56. The van der Waals surface area contributed by atoms with E-state index in [1.54, 1.807) is 9.58 Å². The SMILES string of the molecule is C[C@@H]1CN(C(=O)c2nn(C)c3ccccc23)C[C@@H]1NC(=O)OC(C)(C)C. The fourth-order valence-corrected chi connectivity index (χ4v) is 3.30. The molecule has 3 rings (SSSR count). The zero-order chi connectivity index (χ0) is 19.1. The number of carbonyl (C=O) groups is 2. The maximum absolute atomic E-state index is 13.0. The summed E-state index contributed by atoms with van der Waals surface area (Å²) in [5, 5.41) is 8.13. The number of ether oxygens (including phenoxy) is 1. The molecule has 0 saturated carbocycles. The van der Waals surface area contributed by atoms with Crippen LogP contribution in [0.1, 0.15) is 38.2 Å². The molecule has 1 saturated heterocycles. The van der Waals surface area contributed by atoms with Gasteiger partial charge in [0.25, 0.3) is 5.91 Å². The van der Waals surface area contributed by atoms with Crippen molar-refractivity contribution < 1.29 is 14.3 Å². The number of hydrogen-bond donors (Lipinski definition) is 1. The Kier molecular flexibility index (Phi) is 4.64. The van der Waals surface area contributed by atoms with E-state index in [-0.39, 0.29) is 17.9 Å². The van der Waals surface area contributed by atoms with E-state index in [9.17, 15) is 9.59 Å². The highest BCUT2D eigenvalue weighted by Crippen LogP contribution is 2.23. The molecule has 2 aromatic rings. The molecule has 0 spiro atoms. The molecule has 2 amide bonds. The molecule has 140 valence electrons. The number of hydrogen-bond acceptors (Lipinski definition) is 4. The molecule has 1 aliphatic rings. The minimum atomic E-state index is -0.547. The lowest BCUT2D eigenvalue weighted by Crippen LogP contribution is -2.43. The smallest absolute Gasteiger partial charge is 0.407 e. The lowest BCUT2D eigenvalue weighted by Gasteiger charge is -2.23. The number of nitrogens with one attached hydrogen (secondary N) is 1. The summed E-state index contributed by atoms with van der Waals surface area (Å²) in [5.41, 5.74) is 0.827. The van der Waals surface area contributed by atoms with Gasteiger partial charge in [0.2, 0.25) is 0 Å². The molecule has 0 bridgehead atoms. The molecule has 0 unspecified atom stereocenters. The molecule has 26 heavy (non-hydrogen) atoms.